The largest absolute Gasteiger partial charge is 0.497 e. The van der Waals surface area contributed by atoms with Crippen LogP contribution in [0.25, 0.3) is 16.5 Å². The number of methoxy groups -OCH3 is 1. The Balaban J connectivity index is 1.38. The first-order valence-electron chi connectivity index (χ1n) is 14.1. The van der Waals surface area contributed by atoms with Crippen molar-refractivity contribution in [1.29, 1.82) is 0 Å². The van der Waals surface area contributed by atoms with Crippen molar-refractivity contribution in [2.24, 2.45) is 0 Å². The highest BCUT2D eigenvalue weighted by Crippen LogP contribution is 2.30. The number of anilines is 2. The number of benzene rings is 3. The molecule has 43 heavy (non-hydrogen) atoms. The average molecular weight is 580 g/mol. The quantitative estimate of drug-likeness (QED) is 0.203. The maximum absolute atomic E-state index is 13.7. The molecule has 0 radical (unpaired) electrons. The third kappa shape index (κ3) is 7.10. The third-order valence-electron chi connectivity index (χ3n) is 6.86. The molecule has 2 heterocycles. The van der Waals surface area contributed by atoms with Gasteiger partial charge in [0.05, 0.1) is 18.5 Å². The van der Waals surface area contributed by atoms with Crippen molar-refractivity contribution in [2.45, 2.75) is 26.2 Å². The summed E-state index contributed by atoms with van der Waals surface area (Å²) in [6.07, 6.45) is 1.47. The van der Waals surface area contributed by atoms with Crippen LogP contribution in [0.3, 0.4) is 0 Å². The topological polar surface area (TPSA) is 106 Å². The molecule has 5 aromatic rings. The predicted octanol–water partition coefficient (Wildman–Crippen LogP) is 6.14. The van der Waals surface area contributed by atoms with Crippen molar-refractivity contribution in [1.82, 2.24) is 24.6 Å². The lowest BCUT2D eigenvalue weighted by Gasteiger charge is -2.14. The van der Waals surface area contributed by atoms with Gasteiger partial charge in [0.2, 0.25) is 5.88 Å². The Bertz CT molecular complexity index is 1720. The summed E-state index contributed by atoms with van der Waals surface area (Å²) in [5.74, 6) is 2.81. The van der Waals surface area contributed by atoms with Crippen molar-refractivity contribution in [3.8, 4) is 23.1 Å². The second-order valence-corrected chi connectivity index (χ2v) is 11.5. The Morgan fingerprint density at radius 1 is 0.953 bits per heavy atom. The van der Waals surface area contributed by atoms with Crippen LogP contribution in [0.1, 0.15) is 36.8 Å². The van der Waals surface area contributed by atoms with Gasteiger partial charge < -0.3 is 25.0 Å². The summed E-state index contributed by atoms with van der Waals surface area (Å²) in [7, 11) is 5.67. The average Bonchev–Trinajstić information content (AvgIpc) is 3.41. The second-order valence-electron chi connectivity index (χ2n) is 11.5. The fourth-order valence-electron chi connectivity index (χ4n) is 4.48. The van der Waals surface area contributed by atoms with Crippen LogP contribution in [0.2, 0.25) is 0 Å². The predicted molar refractivity (Wildman–Crippen MR) is 170 cm³/mol. The molecule has 3 aromatic carbocycles. The Hall–Kier alpha value is -4.96. The van der Waals surface area contributed by atoms with E-state index in [0.717, 1.165) is 41.0 Å². The minimum absolute atomic E-state index is 0.209. The van der Waals surface area contributed by atoms with Gasteiger partial charge in [0, 0.05) is 36.2 Å². The molecule has 0 spiro atoms. The van der Waals surface area contributed by atoms with E-state index in [4.69, 9.17) is 14.6 Å². The van der Waals surface area contributed by atoms with Crippen LogP contribution in [-0.4, -0.2) is 64.9 Å². The van der Waals surface area contributed by atoms with Crippen LogP contribution in [-0.2, 0) is 5.41 Å². The van der Waals surface area contributed by atoms with Gasteiger partial charge in [-0.3, -0.25) is 4.79 Å². The zero-order chi connectivity index (χ0) is 30.6. The molecule has 0 saturated carbocycles. The van der Waals surface area contributed by atoms with Gasteiger partial charge in [0.1, 0.15) is 29.5 Å². The molecule has 0 unspecified atom stereocenters. The van der Waals surface area contributed by atoms with Crippen molar-refractivity contribution in [2.75, 3.05) is 44.9 Å². The molecule has 0 aliphatic heterocycles. The van der Waals surface area contributed by atoms with E-state index in [1.54, 1.807) is 17.9 Å². The summed E-state index contributed by atoms with van der Waals surface area (Å²) in [4.78, 5) is 24.3. The number of hydrogen-bond donors (Lipinski definition) is 2. The fraction of sp³-hybridized carbons (Fsp3) is 0.273. The number of rotatable bonds is 10. The molecule has 1 amide bonds. The van der Waals surface area contributed by atoms with E-state index < -0.39 is 0 Å². The highest BCUT2D eigenvalue weighted by atomic mass is 16.5. The van der Waals surface area contributed by atoms with Crippen molar-refractivity contribution in [3.63, 3.8) is 0 Å². The van der Waals surface area contributed by atoms with E-state index in [0.29, 0.717) is 28.8 Å². The molecule has 222 valence electrons. The number of amides is 1. The molecular weight excluding hydrogens is 542 g/mol. The van der Waals surface area contributed by atoms with E-state index in [-0.39, 0.29) is 11.3 Å². The Morgan fingerprint density at radius 2 is 1.72 bits per heavy atom. The van der Waals surface area contributed by atoms with Gasteiger partial charge in [-0.25, -0.2) is 14.6 Å². The van der Waals surface area contributed by atoms with Gasteiger partial charge in [0.15, 0.2) is 0 Å². The second kappa shape index (κ2) is 12.5. The lowest BCUT2D eigenvalue weighted by atomic mass is 9.92. The monoisotopic (exact) mass is 579 g/mol. The van der Waals surface area contributed by atoms with Crippen molar-refractivity contribution >= 4 is 28.3 Å². The lowest BCUT2D eigenvalue weighted by molar-refractivity contribution is 0.102. The van der Waals surface area contributed by atoms with E-state index in [2.05, 4.69) is 46.3 Å². The Kier molecular flexibility index (Phi) is 8.58. The number of nitrogens with one attached hydrogen (secondary N) is 2. The van der Waals surface area contributed by atoms with Crippen molar-refractivity contribution in [3.05, 3.63) is 90.4 Å². The molecule has 0 bridgehead atoms. The molecule has 2 aromatic heterocycles. The summed E-state index contributed by atoms with van der Waals surface area (Å²) in [5.41, 5.74) is 2.00. The zero-order valence-electron chi connectivity index (χ0n) is 25.4. The summed E-state index contributed by atoms with van der Waals surface area (Å²) in [5, 5.41) is 12.9. The maximum Gasteiger partial charge on any atom is 0.257 e. The Morgan fingerprint density at radius 3 is 2.44 bits per heavy atom. The van der Waals surface area contributed by atoms with E-state index in [1.807, 2.05) is 80.8 Å². The fourth-order valence-corrected chi connectivity index (χ4v) is 4.48. The van der Waals surface area contributed by atoms with Crippen LogP contribution < -0.4 is 20.1 Å². The van der Waals surface area contributed by atoms with Crippen LogP contribution in [0.5, 0.6) is 17.4 Å². The van der Waals surface area contributed by atoms with Crippen LogP contribution in [0, 0.1) is 0 Å². The molecule has 0 fully saturated rings. The molecule has 10 heteroatoms. The molecule has 0 saturated heterocycles. The normalized spacial score (nSPS) is 11.5. The molecule has 10 nitrogen and oxygen atoms in total. The number of hydrogen-bond acceptors (Lipinski definition) is 8. The summed E-state index contributed by atoms with van der Waals surface area (Å²) in [6, 6.07) is 22.5. The summed E-state index contributed by atoms with van der Waals surface area (Å²) >= 11 is 0. The smallest absolute Gasteiger partial charge is 0.257 e. The van der Waals surface area contributed by atoms with Crippen LogP contribution >= 0.6 is 0 Å². The maximum atomic E-state index is 13.7. The van der Waals surface area contributed by atoms with Crippen LogP contribution in [0.4, 0.5) is 11.6 Å². The number of carbonyl (C=O) groups excluding carboxylic acids is 1. The number of fused-ring (bicyclic) bond motifs is 1. The molecule has 0 atom stereocenters. The highest BCUT2D eigenvalue weighted by molar-refractivity contribution is 6.13. The van der Waals surface area contributed by atoms with E-state index >= 15 is 0 Å². The molecule has 5 rings (SSSR count). The minimum atomic E-state index is -0.237. The Labute approximate surface area is 251 Å². The standard InChI is InChI=1S/C33H37N7O3/c1-33(2,3)28-19-30(40(38-28)23-10-12-24(42-6)13-11-23)37-32(41)27-9-7-8-22-18-25(14-15-26(22)27)43-31-20-29(35-21-36-31)34-16-17-39(4)5/h7-15,18-21H,16-17H2,1-6H3,(H,37,41)(H,34,35,36). The molecular formula is C33H37N7O3. The summed E-state index contributed by atoms with van der Waals surface area (Å²) < 4.78 is 13.1. The number of aromatic nitrogens is 4. The van der Waals surface area contributed by atoms with Gasteiger partial charge in [-0.1, -0.05) is 32.9 Å². The van der Waals surface area contributed by atoms with Gasteiger partial charge in [-0.2, -0.15) is 5.10 Å². The first-order chi connectivity index (χ1) is 20.6. The van der Waals surface area contributed by atoms with Gasteiger partial charge >= 0.3 is 0 Å². The van der Waals surface area contributed by atoms with E-state index in [9.17, 15) is 4.79 Å². The lowest BCUT2D eigenvalue weighted by Crippen LogP contribution is -2.21. The third-order valence-corrected chi connectivity index (χ3v) is 6.86. The van der Waals surface area contributed by atoms with Gasteiger partial charge in [0.25, 0.3) is 5.91 Å². The number of nitrogens with zero attached hydrogens (tertiary/aromatic N) is 5. The molecule has 0 aliphatic rings. The van der Waals surface area contributed by atoms with E-state index in [1.165, 1.54) is 6.33 Å². The first-order valence-corrected chi connectivity index (χ1v) is 14.1. The van der Waals surface area contributed by atoms with Crippen molar-refractivity contribution < 1.29 is 14.3 Å². The SMILES string of the molecule is COc1ccc(-n2nc(C(C)(C)C)cc2NC(=O)c2cccc3cc(Oc4cc(NCCN(C)C)ncn4)ccc23)cc1. The first kappa shape index (κ1) is 29.5. The molecule has 2 N–H and O–H groups in total. The summed E-state index contributed by atoms with van der Waals surface area (Å²) in [6.45, 7) is 7.90. The number of carbonyl (C=O) groups is 1. The number of ether oxygens (including phenoxy) is 2. The van der Waals surface area contributed by atoms with Gasteiger partial charge in [-0.15, -0.1) is 0 Å². The zero-order valence-corrected chi connectivity index (χ0v) is 25.4. The molecule has 0 aliphatic carbocycles. The van der Waals surface area contributed by atoms with Crippen LogP contribution in [0.15, 0.2) is 79.1 Å². The number of likely N-dealkylation sites (N-methyl/N-ethyl adjacent to an activating group) is 1. The minimum Gasteiger partial charge on any atom is -0.497 e. The highest BCUT2D eigenvalue weighted by Gasteiger charge is 2.22. The van der Waals surface area contributed by atoms with Gasteiger partial charge in [-0.05, 0) is 73.4 Å².